The molecular weight excluding hydrogens is 262 g/mol. The van der Waals surface area contributed by atoms with E-state index >= 15 is 0 Å². The van der Waals surface area contributed by atoms with Gasteiger partial charge in [-0.05, 0) is 39.3 Å². The Labute approximate surface area is 130 Å². The lowest BCUT2D eigenvalue weighted by atomic mass is 9.79. The first-order chi connectivity index (χ1) is 9.81. The van der Waals surface area contributed by atoms with Crippen molar-refractivity contribution in [2.24, 2.45) is 11.3 Å². The van der Waals surface area contributed by atoms with Crippen molar-refractivity contribution in [2.75, 3.05) is 20.6 Å². The van der Waals surface area contributed by atoms with Crippen molar-refractivity contribution in [3.63, 3.8) is 0 Å². The number of nitrogens with zero attached hydrogens (tertiary/aromatic N) is 2. The van der Waals surface area contributed by atoms with Crippen LogP contribution in [0.1, 0.15) is 59.8 Å². The second-order valence-electron chi connectivity index (χ2n) is 6.76. The molecule has 0 radical (unpaired) electrons. The smallest absolute Gasteiger partial charge is 0.240 e. The van der Waals surface area contributed by atoms with Gasteiger partial charge in [-0.15, -0.1) is 0 Å². The first-order valence-electron chi connectivity index (χ1n) is 8.18. The Bertz CT molecular complexity index is 328. The van der Waals surface area contributed by atoms with Crippen LogP contribution < -0.4 is 5.32 Å². The van der Waals surface area contributed by atoms with Crippen LogP contribution in [-0.4, -0.2) is 37.5 Å². The average molecular weight is 295 g/mol. The number of hydrogen-bond donors (Lipinski definition) is 1. The van der Waals surface area contributed by atoms with E-state index in [1.807, 2.05) is 27.9 Å². The summed E-state index contributed by atoms with van der Waals surface area (Å²) in [4.78, 5) is 14.8. The second kappa shape index (κ2) is 9.78. The van der Waals surface area contributed by atoms with Crippen molar-refractivity contribution in [2.45, 2.75) is 65.8 Å². The van der Waals surface area contributed by atoms with Gasteiger partial charge in [-0.3, -0.25) is 4.79 Å². The molecule has 0 saturated carbocycles. The van der Waals surface area contributed by atoms with Crippen LogP contribution in [0.15, 0.2) is 0 Å². The molecule has 4 heteroatoms. The molecule has 0 aliphatic carbocycles. The summed E-state index contributed by atoms with van der Waals surface area (Å²) in [6.45, 7) is 9.18. The average Bonchev–Trinajstić information content (AvgIpc) is 2.36. The summed E-state index contributed by atoms with van der Waals surface area (Å²) in [5.74, 6) is 0.435. The van der Waals surface area contributed by atoms with Crippen molar-refractivity contribution >= 4 is 5.91 Å². The normalized spacial score (nSPS) is 13.3. The fourth-order valence-electron chi connectivity index (χ4n) is 2.88. The number of nitriles is 1. The van der Waals surface area contributed by atoms with E-state index in [9.17, 15) is 10.1 Å². The maximum absolute atomic E-state index is 12.7. The fraction of sp³-hybridized carbons (Fsp3) is 0.882. The largest absolute Gasteiger partial charge is 0.351 e. The predicted molar refractivity (Wildman–Crippen MR) is 87.8 cm³/mol. The Morgan fingerprint density at radius 1 is 1.24 bits per heavy atom. The summed E-state index contributed by atoms with van der Waals surface area (Å²) in [5.41, 5.74) is -0.856. The first kappa shape index (κ1) is 19.9. The van der Waals surface area contributed by atoms with Crippen LogP contribution in [0, 0.1) is 22.7 Å². The van der Waals surface area contributed by atoms with E-state index in [1.165, 1.54) is 0 Å². The highest BCUT2D eigenvalue weighted by Gasteiger charge is 2.37. The lowest BCUT2D eigenvalue weighted by Gasteiger charge is -2.30. The molecule has 122 valence electrons. The minimum atomic E-state index is -0.856. The highest BCUT2D eigenvalue weighted by atomic mass is 16.2. The summed E-state index contributed by atoms with van der Waals surface area (Å²) >= 11 is 0. The van der Waals surface area contributed by atoms with Gasteiger partial charge in [0, 0.05) is 12.6 Å². The molecule has 1 unspecified atom stereocenters. The number of likely N-dealkylation sites (N-methyl/N-ethyl adjacent to an activating group) is 1. The number of carbonyl (C=O) groups is 1. The zero-order chi connectivity index (χ0) is 16.5. The lowest BCUT2D eigenvalue weighted by Crippen LogP contribution is -2.48. The molecule has 0 fully saturated rings. The Hall–Kier alpha value is -1.08. The van der Waals surface area contributed by atoms with Crippen LogP contribution in [0.5, 0.6) is 0 Å². The van der Waals surface area contributed by atoms with Crippen LogP contribution in [0.2, 0.25) is 0 Å². The second-order valence-corrected chi connectivity index (χ2v) is 6.76. The van der Waals surface area contributed by atoms with Gasteiger partial charge in [-0.2, -0.15) is 5.26 Å². The standard InChI is InChI=1S/C17H33N3O/c1-7-9-17(13-18,10-8-2)16(21)19-15(11-14(3)4)12-20(5)6/h14-15H,7-12H2,1-6H3,(H,19,21). The van der Waals surface area contributed by atoms with Crippen LogP contribution in [-0.2, 0) is 4.79 Å². The van der Waals surface area contributed by atoms with E-state index < -0.39 is 5.41 Å². The van der Waals surface area contributed by atoms with E-state index in [-0.39, 0.29) is 11.9 Å². The summed E-state index contributed by atoms with van der Waals surface area (Å²) < 4.78 is 0. The molecule has 0 saturated heterocycles. The van der Waals surface area contributed by atoms with E-state index in [4.69, 9.17) is 0 Å². The highest BCUT2D eigenvalue weighted by molar-refractivity contribution is 5.85. The molecule has 21 heavy (non-hydrogen) atoms. The van der Waals surface area contributed by atoms with Crippen molar-refractivity contribution in [3.8, 4) is 6.07 Å². The van der Waals surface area contributed by atoms with E-state index in [0.717, 1.165) is 25.8 Å². The third kappa shape index (κ3) is 6.95. The monoisotopic (exact) mass is 295 g/mol. The maximum Gasteiger partial charge on any atom is 0.240 e. The number of rotatable bonds is 10. The quantitative estimate of drug-likeness (QED) is 0.673. The van der Waals surface area contributed by atoms with Gasteiger partial charge in [-0.25, -0.2) is 0 Å². The number of amides is 1. The zero-order valence-electron chi connectivity index (χ0n) is 14.7. The first-order valence-corrected chi connectivity index (χ1v) is 8.18. The molecule has 0 rings (SSSR count). The Kier molecular flexibility index (Phi) is 9.28. The minimum Gasteiger partial charge on any atom is -0.351 e. The molecule has 1 N–H and O–H groups in total. The number of hydrogen-bond acceptors (Lipinski definition) is 3. The SMILES string of the molecule is CCCC(C#N)(CCC)C(=O)NC(CC(C)C)CN(C)C. The highest BCUT2D eigenvalue weighted by Crippen LogP contribution is 2.29. The van der Waals surface area contributed by atoms with Gasteiger partial charge in [0.15, 0.2) is 0 Å². The third-order valence-electron chi connectivity index (χ3n) is 3.68. The lowest BCUT2D eigenvalue weighted by molar-refractivity contribution is -0.129. The predicted octanol–water partition coefficient (Wildman–Crippen LogP) is 3.19. The van der Waals surface area contributed by atoms with Gasteiger partial charge in [0.25, 0.3) is 0 Å². The molecule has 0 heterocycles. The van der Waals surface area contributed by atoms with E-state index in [2.05, 4.69) is 30.1 Å². The topological polar surface area (TPSA) is 56.1 Å². The minimum absolute atomic E-state index is 0.0822. The van der Waals surface area contributed by atoms with Gasteiger partial charge in [0.05, 0.1) is 6.07 Å². The summed E-state index contributed by atoms with van der Waals surface area (Å²) in [7, 11) is 4.02. The molecule has 0 aromatic rings. The molecular formula is C17H33N3O. The van der Waals surface area contributed by atoms with Crippen molar-refractivity contribution in [1.29, 1.82) is 5.26 Å². The van der Waals surface area contributed by atoms with Crippen LogP contribution in [0.3, 0.4) is 0 Å². The molecule has 4 nitrogen and oxygen atoms in total. The van der Waals surface area contributed by atoms with Crippen molar-refractivity contribution in [3.05, 3.63) is 0 Å². The van der Waals surface area contributed by atoms with Crippen LogP contribution >= 0.6 is 0 Å². The Morgan fingerprint density at radius 2 is 1.76 bits per heavy atom. The molecule has 0 spiro atoms. The van der Waals surface area contributed by atoms with Gasteiger partial charge in [0.1, 0.15) is 5.41 Å². The number of carbonyl (C=O) groups excluding carboxylic acids is 1. The zero-order valence-corrected chi connectivity index (χ0v) is 14.7. The molecule has 0 aromatic carbocycles. The Balaban J connectivity index is 5.01. The maximum atomic E-state index is 12.7. The van der Waals surface area contributed by atoms with Gasteiger partial charge in [0.2, 0.25) is 5.91 Å². The van der Waals surface area contributed by atoms with Crippen LogP contribution in [0.25, 0.3) is 0 Å². The van der Waals surface area contributed by atoms with Gasteiger partial charge < -0.3 is 10.2 Å². The summed E-state index contributed by atoms with van der Waals surface area (Å²) in [6, 6.07) is 2.41. The van der Waals surface area contributed by atoms with E-state index in [0.29, 0.717) is 18.8 Å². The molecule has 0 aliphatic rings. The molecule has 0 bridgehead atoms. The van der Waals surface area contributed by atoms with E-state index in [1.54, 1.807) is 0 Å². The van der Waals surface area contributed by atoms with Gasteiger partial charge in [-0.1, -0.05) is 40.5 Å². The third-order valence-corrected chi connectivity index (χ3v) is 3.68. The molecule has 0 aromatic heterocycles. The van der Waals surface area contributed by atoms with Crippen molar-refractivity contribution in [1.82, 2.24) is 10.2 Å². The summed E-state index contributed by atoms with van der Waals surface area (Å²) in [5, 5.41) is 12.7. The Morgan fingerprint density at radius 3 is 2.10 bits per heavy atom. The van der Waals surface area contributed by atoms with Gasteiger partial charge >= 0.3 is 0 Å². The molecule has 1 amide bonds. The summed E-state index contributed by atoms with van der Waals surface area (Å²) in [6.07, 6.45) is 3.91. The molecule has 1 atom stereocenters. The fourth-order valence-corrected chi connectivity index (χ4v) is 2.88. The van der Waals surface area contributed by atoms with Crippen molar-refractivity contribution < 1.29 is 4.79 Å². The van der Waals surface area contributed by atoms with Crippen LogP contribution in [0.4, 0.5) is 0 Å². The molecule has 0 aliphatic heterocycles. The number of nitrogens with one attached hydrogen (secondary N) is 1.